The Hall–Kier alpha value is -2.06. The van der Waals surface area contributed by atoms with Gasteiger partial charge in [-0.2, -0.15) is 5.26 Å². The van der Waals surface area contributed by atoms with Gasteiger partial charge in [0.2, 0.25) is 5.91 Å². The molecule has 0 radical (unpaired) electrons. The van der Waals surface area contributed by atoms with E-state index >= 15 is 0 Å². The number of nitrogens with zero attached hydrogens (tertiary/aromatic N) is 3. The minimum atomic E-state index is -0.430. The van der Waals surface area contributed by atoms with Gasteiger partial charge in [-0.1, -0.05) is 25.3 Å². The molecule has 1 unspecified atom stereocenters. The number of hydrogen-bond acceptors (Lipinski definition) is 3. The fourth-order valence-corrected chi connectivity index (χ4v) is 3.99. The topological polar surface area (TPSA) is 61.1 Å². The Balaban J connectivity index is 2.02. The highest BCUT2D eigenvalue weighted by atomic mass is 16.2. The van der Waals surface area contributed by atoms with Gasteiger partial charge in [-0.3, -0.25) is 10.1 Å². The van der Waals surface area contributed by atoms with Gasteiger partial charge in [-0.05, 0) is 25.8 Å². The average Bonchev–Trinajstić information content (AvgIpc) is 2.99. The molecular formula is C18H24N4O. The molecule has 1 saturated heterocycles. The summed E-state index contributed by atoms with van der Waals surface area (Å²) in [4.78, 5) is 14.9. The first-order chi connectivity index (χ1) is 11.0. The molecular weight excluding hydrogens is 288 g/mol. The van der Waals surface area contributed by atoms with E-state index < -0.39 is 5.54 Å². The van der Waals surface area contributed by atoms with Gasteiger partial charge in [0.05, 0.1) is 5.54 Å². The SMILES string of the molecule is C=CCN1C(=O)C2(CCCCC2)NC1c1cc(C#N)n(C)c1C. The van der Waals surface area contributed by atoms with Crippen LogP contribution < -0.4 is 5.32 Å². The van der Waals surface area contributed by atoms with E-state index in [2.05, 4.69) is 18.0 Å². The number of amides is 1. The van der Waals surface area contributed by atoms with Crippen LogP contribution in [-0.2, 0) is 11.8 Å². The van der Waals surface area contributed by atoms with Crippen molar-refractivity contribution in [2.24, 2.45) is 7.05 Å². The highest BCUT2D eigenvalue weighted by Crippen LogP contribution is 2.40. The van der Waals surface area contributed by atoms with Crippen LogP contribution in [0.4, 0.5) is 0 Å². The second-order valence-electron chi connectivity index (χ2n) is 6.68. The Labute approximate surface area is 137 Å². The second-order valence-corrected chi connectivity index (χ2v) is 6.68. The zero-order valence-corrected chi connectivity index (χ0v) is 13.9. The van der Waals surface area contributed by atoms with Crippen LogP contribution in [-0.4, -0.2) is 27.5 Å². The summed E-state index contributed by atoms with van der Waals surface area (Å²) in [7, 11) is 1.89. The van der Waals surface area contributed by atoms with Crippen molar-refractivity contribution in [1.82, 2.24) is 14.8 Å². The molecule has 2 heterocycles. The number of hydrogen-bond donors (Lipinski definition) is 1. The van der Waals surface area contributed by atoms with Gasteiger partial charge in [0.15, 0.2) is 0 Å². The summed E-state index contributed by atoms with van der Waals surface area (Å²) < 4.78 is 1.89. The molecule has 3 rings (SSSR count). The lowest BCUT2D eigenvalue weighted by atomic mass is 9.81. The summed E-state index contributed by atoms with van der Waals surface area (Å²) in [5.74, 6) is 0.184. The van der Waals surface area contributed by atoms with Crippen LogP contribution in [0.1, 0.15) is 55.2 Å². The van der Waals surface area contributed by atoms with E-state index in [1.165, 1.54) is 6.42 Å². The molecule has 1 aliphatic carbocycles. The van der Waals surface area contributed by atoms with Crippen molar-refractivity contribution in [3.05, 3.63) is 35.7 Å². The highest BCUT2D eigenvalue weighted by molar-refractivity contribution is 5.89. The summed E-state index contributed by atoms with van der Waals surface area (Å²) in [5, 5.41) is 12.9. The molecule has 1 atom stereocenters. The molecule has 2 fully saturated rings. The largest absolute Gasteiger partial charge is 0.340 e. The molecule has 1 saturated carbocycles. The van der Waals surface area contributed by atoms with Crippen molar-refractivity contribution < 1.29 is 4.79 Å². The number of carbonyl (C=O) groups is 1. The maximum atomic E-state index is 13.1. The van der Waals surface area contributed by atoms with Crippen molar-refractivity contribution in [3.8, 4) is 6.07 Å². The summed E-state index contributed by atoms with van der Waals surface area (Å²) >= 11 is 0. The van der Waals surface area contributed by atoms with E-state index in [1.807, 2.05) is 29.5 Å². The number of nitrogens with one attached hydrogen (secondary N) is 1. The number of nitriles is 1. The minimum absolute atomic E-state index is 0.174. The zero-order chi connectivity index (χ0) is 16.6. The zero-order valence-electron chi connectivity index (χ0n) is 13.9. The molecule has 1 aromatic rings. The summed E-state index contributed by atoms with van der Waals surface area (Å²) in [6, 6.07) is 4.12. The minimum Gasteiger partial charge on any atom is -0.340 e. The monoisotopic (exact) mass is 312 g/mol. The molecule has 5 heteroatoms. The lowest BCUT2D eigenvalue weighted by Gasteiger charge is -2.31. The van der Waals surface area contributed by atoms with E-state index in [1.54, 1.807) is 6.08 Å². The first-order valence-corrected chi connectivity index (χ1v) is 8.30. The first kappa shape index (κ1) is 15.8. The fraction of sp³-hybridized carbons (Fsp3) is 0.556. The standard InChI is InChI=1S/C18H24N4O/c1-4-10-22-16(15-11-14(12-19)21(3)13(15)2)20-18(17(22)23)8-6-5-7-9-18/h4,11,16,20H,1,5-10H2,2-3H3. The fourth-order valence-electron chi connectivity index (χ4n) is 3.99. The molecule has 0 bridgehead atoms. The summed E-state index contributed by atoms with van der Waals surface area (Å²) in [6.45, 7) is 6.33. The number of carbonyl (C=O) groups excluding carboxylic acids is 1. The molecule has 1 aromatic heterocycles. The number of aromatic nitrogens is 1. The van der Waals surface area contributed by atoms with Crippen molar-refractivity contribution in [3.63, 3.8) is 0 Å². The van der Waals surface area contributed by atoms with Crippen LogP contribution in [0.3, 0.4) is 0 Å². The quantitative estimate of drug-likeness (QED) is 0.873. The third-order valence-corrected chi connectivity index (χ3v) is 5.41. The highest BCUT2D eigenvalue weighted by Gasteiger charge is 2.51. The van der Waals surface area contributed by atoms with E-state index in [9.17, 15) is 10.1 Å². The Kier molecular flexibility index (Phi) is 4.03. The van der Waals surface area contributed by atoms with Crippen LogP contribution in [0.25, 0.3) is 0 Å². The predicted octanol–water partition coefficient (Wildman–Crippen LogP) is 2.52. The van der Waals surface area contributed by atoms with Gasteiger partial charge in [-0.15, -0.1) is 6.58 Å². The average molecular weight is 312 g/mol. The van der Waals surface area contributed by atoms with E-state index in [0.29, 0.717) is 12.2 Å². The Morgan fingerprint density at radius 2 is 2.17 bits per heavy atom. The molecule has 2 aliphatic rings. The van der Waals surface area contributed by atoms with Gasteiger partial charge in [-0.25, -0.2) is 0 Å². The van der Waals surface area contributed by atoms with Gasteiger partial charge in [0, 0.05) is 24.8 Å². The molecule has 0 aromatic carbocycles. The summed E-state index contributed by atoms with van der Waals surface area (Å²) in [5.41, 5.74) is 2.23. The molecule has 1 spiro atoms. The lowest BCUT2D eigenvalue weighted by molar-refractivity contribution is -0.133. The number of rotatable bonds is 3. The van der Waals surface area contributed by atoms with Crippen LogP contribution in [0, 0.1) is 18.3 Å². The predicted molar refractivity (Wildman–Crippen MR) is 88.5 cm³/mol. The van der Waals surface area contributed by atoms with Gasteiger partial charge >= 0.3 is 0 Å². The van der Waals surface area contributed by atoms with Crippen LogP contribution >= 0.6 is 0 Å². The van der Waals surface area contributed by atoms with Crippen LogP contribution in [0.15, 0.2) is 18.7 Å². The third-order valence-electron chi connectivity index (χ3n) is 5.41. The molecule has 1 N–H and O–H groups in total. The molecule has 1 amide bonds. The molecule has 122 valence electrons. The van der Waals surface area contributed by atoms with Crippen LogP contribution in [0.5, 0.6) is 0 Å². The Morgan fingerprint density at radius 1 is 1.48 bits per heavy atom. The van der Waals surface area contributed by atoms with Gasteiger partial charge in [0.1, 0.15) is 17.9 Å². The molecule has 23 heavy (non-hydrogen) atoms. The third kappa shape index (κ3) is 2.38. The van der Waals surface area contributed by atoms with E-state index in [-0.39, 0.29) is 12.1 Å². The molecule has 5 nitrogen and oxygen atoms in total. The Morgan fingerprint density at radius 3 is 2.74 bits per heavy atom. The lowest BCUT2D eigenvalue weighted by Crippen LogP contribution is -2.48. The van der Waals surface area contributed by atoms with E-state index in [4.69, 9.17) is 0 Å². The molecule has 1 aliphatic heterocycles. The smallest absolute Gasteiger partial charge is 0.244 e. The van der Waals surface area contributed by atoms with Crippen LogP contribution in [0.2, 0.25) is 0 Å². The van der Waals surface area contributed by atoms with Crippen molar-refractivity contribution in [2.75, 3.05) is 6.54 Å². The second kappa shape index (κ2) is 5.86. The first-order valence-electron chi connectivity index (χ1n) is 8.30. The van der Waals surface area contributed by atoms with E-state index in [0.717, 1.165) is 36.9 Å². The maximum Gasteiger partial charge on any atom is 0.244 e. The van der Waals surface area contributed by atoms with Gasteiger partial charge < -0.3 is 9.47 Å². The maximum absolute atomic E-state index is 13.1. The van der Waals surface area contributed by atoms with Crippen molar-refractivity contribution in [1.29, 1.82) is 5.26 Å². The normalized spacial score (nSPS) is 23.3. The van der Waals surface area contributed by atoms with Crippen molar-refractivity contribution >= 4 is 5.91 Å². The van der Waals surface area contributed by atoms with Crippen molar-refractivity contribution in [2.45, 2.75) is 50.7 Å². The summed E-state index contributed by atoms with van der Waals surface area (Å²) in [6.07, 6.45) is 6.77. The van der Waals surface area contributed by atoms with Gasteiger partial charge in [0.25, 0.3) is 0 Å². The Bertz CT molecular complexity index is 676.